The van der Waals surface area contributed by atoms with E-state index in [4.69, 9.17) is 15.5 Å². The van der Waals surface area contributed by atoms with Gasteiger partial charge >= 0.3 is 6.09 Å². The fourth-order valence-corrected chi connectivity index (χ4v) is 3.39. The monoisotopic (exact) mass is 398 g/mol. The first-order chi connectivity index (χ1) is 13.7. The smallest absolute Gasteiger partial charge is 0.410 e. The summed E-state index contributed by atoms with van der Waals surface area (Å²) in [6.07, 6.45) is 6.01. The van der Waals surface area contributed by atoms with Crippen LogP contribution in [0.4, 0.5) is 10.5 Å². The van der Waals surface area contributed by atoms with Gasteiger partial charge in [0.25, 0.3) is 0 Å². The van der Waals surface area contributed by atoms with Gasteiger partial charge in [-0.15, -0.1) is 0 Å². The molecular formula is C21H30N6O2. The van der Waals surface area contributed by atoms with Gasteiger partial charge in [-0.25, -0.2) is 14.8 Å². The minimum absolute atomic E-state index is 0.336. The predicted molar refractivity (Wildman–Crippen MR) is 115 cm³/mol. The predicted octanol–water partition coefficient (Wildman–Crippen LogP) is 2.65. The number of fused-ring (bicyclic) bond motifs is 1. The number of carbonyl (C=O) groups is 1. The molecule has 2 aliphatic heterocycles. The van der Waals surface area contributed by atoms with Crippen LogP contribution in [0.15, 0.2) is 34.0 Å². The number of pyridine rings is 1. The van der Waals surface area contributed by atoms with Gasteiger partial charge in [0, 0.05) is 37.9 Å². The van der Waals surface area contributed by atoms with Crippen LogP contribution >= 0.6 is 0 Å². The molecule has 1 amide bonds. The standard InChI is InChI=1S/C21H30N6O2/c1-21(2,3)29-20(28)27-8-5-15(10-23-14-22)19(13-27)25-17-9-16-12-26(4)7-6-18(16)24-11-17/h9-11,14H,5-8,12-13H2,1-4H3,(H2,22,23)/b15-10-,25-19?. The zero-order valence-corrected chi connectivity index (χ0v) is 17.7. The summed E-state index contributed by atoms with van der Waals surface area (Å²) in [4.78, 5) is 29.9. The largest absolute Gasteiger partial charge is 0.444 e. The van der Waals surface area contributed by atoms with E-state index < -0.39 is 5.60 Å². The Hall–Kier alpha value is -2.74. The number of rotatable bonds is 2. The molecule has 1 fully saturated rings. The Kier molecular flexibility index (Phi) is 6.32. The number of hydrogen-bond acceptors (Lipinski definition) is 6. The first kappa shape index (κ1) is 21.0. The zero-order valence-electron chi connectivity index (χ0n) is 17.7. The highest BCUT2D eigenvalue weighted by molar-refractivity contribution is 6.05. The van der Waals surface area contributed by atoms with E-state index in [-0.39, 0.29) is 6.09 Å². The summed E-state index contributed by atoms with van der Waals surface area (Å²) < 4.78 is 5.52. The summed E-state index contributed by atoms with van der Waals surface area (Å²) in [6, 6.07) is 2.08. The molecule has 3 rings (SSSR count). The highest BCUT2D eigenvalue weighted by atomic mass is 16.6. The third kappa shape index (κ3) is 5.63. The number of aliphatic imine (C=N–C) groups is 2. The van der Waals surface area contributed by atoms with E-state index in [0.717, 1.165) is 42.2 Å². The van der Waals surface area contributed by atoms with Gasteiger partial charge in [-0.05, 0) is 51.4 Å². The number of piperidine rings is 1. The third-order valence-electron chi connectivity index (χ3n) is 4.81. The van der Waals surface area contributed by atoms with Gasteiger partial charge in [-0.2, -0.15) is 0 Å². The van der Waals surface area contributed by atoms with Crippen LogP contribution in [0.3, 0.4) is 0 Å². The van der Waals surface area contributed by atoms with Crippen molar-refractivity contribution in [2.45, 2.75) is 45.8 Å². The van der Waals surface area contributed by atoms with Crippen molar-refractivity contribution >= 4 is 23.8 Å². The number of ether oxygens (including phenoxy) is 1. The number of aromatic nitrogens is 1. The van der Waals surface area contributed by atoms with Crippen LogP contribution in [0.25, 0.3) is 0 Å². The molecule has 3 heterocycles. The number of carbonyl (C=O) groups excluding carboxylic acids is 1. The maximum atomic E-state index is 12.5. The average molecular weight is 399 g/mol. The van der Waals surface area contributed by atoms with Crippen molar-refractivity contribution in [1.82, 2.24) is 14.8 Å². The van der Waals surface area contributed by atoms with E-state index in [2.05, 4.69) is 28.0 Å². The van der Waals surface area contributed by atoms with Crippen molar-refractivity contribution in [2.24, 2.45) is 15.7 Å². The second kappa shape index (κ2) is 8.73. The summed E-state index contributed by atoms with van der Waals surface area (Å²) in [6.45, 7) is 8.38. The van der Waals surface area contributed by atoms with Gasteiger partial charge in [0.2, 0.25) is 0 Å². The molecule has 0 atom stereocenters. The van der Waals surface area contributed by atoms with E-state index >= 15 is 0 Å². The Morgan fingerprint density at radius 3 is 2.79 bits per heavy atom. The molecule has 1 aromatic rings. The quantitative estimate of drug-likeness (QED) is 0.610. The van der Waals surface area contributed by atoms with Crippen LogP contribution in [-0.4, -0.2) is 65.2 Å². The Balaban J connectivity index is 1.87. The fraction of sp³-hybridized carbons (Fsp3) is 0.524. The molecule has 8 heteroatoms. The Bertz CT molecular complexity index is 853. The van der Waals surface area contributed by atoms with Gasteiger partial charge in [0.05, 0.1) is 30.5 Å². The van der Waals surface area contributed by atoms with E-state index in [0.29, 0.717) is 19.5 Å². The average Bonchev–Trinajstić information content (AvgIpc) is 2.65. The minimum atomic E-state index is -0.539. The SMILES string of the molecule is CN1CCc2ncc(N=C3CN(C(=O)OC(C)(C)C)CC/C3=C/N=CN)cc2C1. The number of likely N-dealkylation sites (tertiary alicyclic amines) is 1. The summed E-state index contributed by atoms with van der Waals surface area (Å²) in [5, 5.41) is 0. The Morgan fingerprint density at radius 1 is 1.28 bits per heavy atom. The maximum absolute atomic E-state index is 12.5. The minimum Gasteiger partial charge on any atom is -0.444 e. The molecule has 0 bridgehead atoms. The zero-order chi connectivity index (χ0) is 21.0. The number of nitrogens with zero attached hydrogens (tertiary/aromatic N) is 5. The lowest BCUT2D eigenvalue weighted by Gasteiger charge is -2.31. The molecule has 29 heavy (non-hydrogen) atoms. The molecule has 0 aromatic carbocycles. The molecular weight excluding hydrogens is 368 g/mol. The van der Waals surface area contributed by atoms with E-state index in [1.165, 1.54) is 11.9 Å². The Morgan fingerprint density at radius 2 is 2.07 bits per heavy atom. The lowest BCUT2D eigenvalue weighted by atomic mass is 10.0. The van der Waals surface area contributed by atoms with Gasteiger partial charge in [0.15, 0.2) is 0 Å². The van der Waals surface area contributed by atoms with Crippen molar-refractivity contribution in [2.75, 3.05) is 26.7 Å². The van der Waals surface area contributed by atoms with Crippen LogP contribution in [0.1, 0.15) is 38.4 Å². The maximum Gasteiger partial charge on any atom is 0.410 e. The van der Waals surface area contributed by atoms with E-state index in [1.807, 2.05) is 20.8 Å². The molecule has 8 nitrogen and oxygen atoms in total. The molecule has 0 saturated carbocycles. The van der Waals surface area contributed by atoms with Crippen LogP contribution in [0.5, 0.6) is 0 Å². The van der Waals surface area contributed by atoms with Crippen molar-refractivity contribution in [3.8, 4) is 0 Å². The van der Waals surface area contributed by atoms with E-state index in [9.17, 15) is 4.79 Å². The highest BCUT2D eigenvalue weighted by Crippen LogP contribution is 2.24. The van der Waals surface area contributed by atoms with Crippen LogP contribution in [0.2, 0.25) is 0 Å². The van der Waals surface area contributed by atoms with Gasteiger partial charge < -0.3 is 20.3 Å². The number of amides is 1. The number of likely N-dealkylation sites (N-methyl/N-ethyl adjacent to an activating group) is 1. The highest BCUT2D eigenvalue weighted by Gasteiger charge is 2.28. The van der Waals surface area contributed by atoms with Crippen LogP contribution in [-0.2, 0) is 17.7 Å². The molecule has 1 aromatic heterocycles. The topological polar surface area (TPSA) is 96.4 Å². The summed E-state index contributed by atoms with van der Waals surface area (Å²) in [5.41, 5.74) is 9.71. The summed E-state index contributed by atoms with van der Waals surface area (Å²) in [5.74, 6) is 0. The Labute approximate surface area is 172 Å². The molecule has 2 aliphatic rings. The van der Waals surface area contributed by atoms with Gasteiger partial charge in [-0.3, -0.25) is 4.98 Å². The molecule has 1 saturated heterocycles. The molecule has 0 unspecified atom stereocenters. The van der Waals surface area contributed by atoms with Crippen molar-refractivity contribution in [1.29, 1.82) is 0 Å². The first-order valence-corrected chi connectivity index (χ1v) is 9.90. The van der Waals surface area contributed by atoms with Crippen LogP contribution < -0.4 is 5.73 Å². The van der Waals surface area contributed by atoms with Gasteiger partial charge in [0.1, 0.15) is 5.60 Å². The normalized spacial score (nSPS) is 21.0. The second-order valence-electron chi connectivity index (χ2n) is 8.45. The first-order valence-electron chi connectivity index (χ1n) is 9.90. The number of hydrogen-bond donors (Lipinski definition) is 1. The molecule has 156 valence electrons. The lowest BCUT2D eigenvalue weighted by molar-refractivity contribution is 0.0274. The second-order valence-corrected chi connectivity index (χ2v) is 8.45. The summed E-state index contributed by atoms with van der Waals surface area (Å²) >= 11 is 0. The summed E-state index contributed by atoms with van der Waals surface area (Å²) in [7, 11) is 2.10. The molecule has 2 N–H and O–H groups in total. The van der Waals surface area contributed by atoms with Crippen LogP contribution in [0, 0.1) is 0 Å². The molecule has 0 aliphatic carbocycles. The third-order valence-corrected chi connectivity index (χ3v) is 4.81. The lowest BCUT2D eigenvalue weighted by Crippen LogP contribution is -2.44. The van der Waals surface area contributed by atoms with E-state index in [1.54, 1.807) is 17.3 Å². The fourth-order valence-electron chi connectivity index (χ4n) is 3.39. The van der Waals surface area contributed by atoms with Gasteiger partial charge in [-0.1, -0.05) is 0 Å². The van der Waals surface area contributed by atoms with Crippen molar-refractivity contribution < 1.29 is 9.53 Å². The molecule has 0 radical (unpaired) electrons. The number of nitrogens with two attached hydrogens (primary N) is 1. The van der Waals surface area contributed by atoms with Crippen molar-refractivity contribution in [3.63, 3.8) is 0 Å². The molecule has 0 spiro atoms. The van der Waals surface area contributed by atoms with Crippen molar-refractivity contribution in [3.05, 3.63) is 35.3 Å².